The highest BCUT2D eigenvalue weighted by Crippen LogP contribution is 2.19. The fourth-order valence-corrected chi connectivity index (χ4v) is 2.10. The lowest BCUT2D eigenvalue weighted by atomic mass is 9.97. The standard InChI is InChI=1S/C15H28N4O/c1-4-16-15(18-12-14(20)19(2)3)17-11-10-13-8-6-5-7-9-13/h8H,4-7,9-12H2,1-3H3,(H2,16,17,18). The van der Waals surface area contributed by atoms with E-state index in [-0.39, 0.29) is 12.5 Å². The summed E-state index contributed by atoms with van der Waals surface area (Å²) in [5.41, 5.74) is 1.55. The molecular formula is C15H28N4O. The SMILES string of the molecule is CCNC(=NCC(=O)N(C)C)NCCC1=CCCCC1. The van der Waals surface area contributed by atoms with Crippen molar-refractivity contribution in [3.63, 3.8) is 0 Å². The van der Waals surface area contributed by atoms with Crippen molar-refractivity contribution in [3.8, 4) is 0 Å². The fourth-order valence-electron chi connectivity index (χ4n) is 2.10. The molecule has 1 aliphatic rings. The van der Waals surface area contributed by atoms with Gasteiger partial charge in [0.25, 0.3) is 0 Å². The molecule has 0 aromatic heterocycles. The quantitative estimate of drug-likeness (QED) is 0.441. The molecule has 114 valence electrons. The van der Waals surface area contributed by atoms with Gasteiger partial charge in [0.1, 0.15) is 6.54 Å². The molecule has 5 nitrogen and oxygen atoms in total. The maximum atomic E-state index is 11.5. The van der Waals surface area contributed by atoms with Gasteiger partial charge in [-0.15, -0.1) is 0 Å². The largest absolute Gasteiger partial charge is 0.357 e. The number of allylic oxidation sites excluding steroid dienone is 1. The summed E-state index contributed by atoms with van der Waals surface area (Å²) in [5, 5.41) is 6.45. The Hall–Kier alpha value is -1.52. The zero-order valence-corrected chi connectivity index (χ0v) is 13.0. The lowest BCUT2D eigenvalue weighted by Gasteiger charge is -2.15. The number of nitrogens with zero attached hydrogens (tertiary/aromatic N) is 2. The van der Waals surface area contributed by atoms with Crippen LogP contribution in [0.4, 0.5) is 0 Å². The maximum Gasteiger partial charge on any atom is 0.243 e. The van der Waals surface area contributed by atoms with Gasteiger partial charge in [-0.25, -0.2) is 4.99 Å². The topological polar surface area (TPSA) is 56.7 Å². The number of amides is 1. The summed E-state index contributed by atoms with van der Waals surface area (Å²) >= 11 is 0. The van der Waals surface area contributed by atoms with Crippen molar-refractivity contribution in [2.45, 2.75) is 39.0 Å². The summed E-state index contributed by atoms with van der Waals surface area (Å²) in [7, 11) is 3.49. The van der Waals surface area contributed by atoms with E-state index in [2.05, 4.69) is 21.7 Å². The van der Waals surface area contributed by atoms with Crippen LogP contribution in [0.3, 0.4) is 0 Å². The Kier molecular flexibility index (Phi) is 7.77. The van der Waals surface area contributed by atoms with Crippen LogP contribution in [0.1, 0.15) is 39.0 Å². The second-order valence-corrected chi connectivity index (χ2v) is 5.27. The van der Waals surface area contributed by atoms with Gasteiger partial charge in [0.2, 0.25) is 5.91 Å². The van der Waals surface area contributed by atoms with Crippen molar-refractivity contribution in [2.75, 3.05) is 33.7 Å². The van der Waals surface area contributed by atoms with Crippen LogP contribution in [0.25, 0.3) is 0 Å². The molecule has 0 bridgehead atoms. The number of hydrogen-bond donors (Lipinski definition) is 2. The van der Waals surface area contributed by atoms with E-state index in [1.807, 2.05) is 6.92 Å². The van der Waals surface area contributed by atoms with Crippen molar-refractivity contribution < 1.29 is 4.79 Å². The number of carbonyl (C=O) groups excluding carboxylic acids is 1. The fraction of sp³-hybridized carbons (Fsp3) is 0.733. The summed E-state index contributed by atoms with van der Waals surface area (Å²) in [5.74, 6) is 0.733. The Bertz CT molecular complexity index is 361. The molecule has 1 rings (SSSR count). The predicted octanol–water partition coefficient (Wildman–Crippen LogP) is 1.52. The smallest absolute Gasteiger partial charge is 0.243 e. The normalized spacial score (nSPS) is 15.6. The van der Waals surface area contributed by atoms with Crippen molar-refractivity contribution >= 4 is 11.9 Å². The van der Waals surface area contributed by atoms with E-state index < -0.39 is 0 Å². The Balaban J connectivity index is 2.35. The molecule has 0 heterocycles. The molecule has 0 atom stereocenters. The van der Waals surface area contributed by atoms with Gasteiger partial charge >= 0.3 is 0 Å². The molecule has 0 saturated heterocycles. The van der Waals surface area contributed by atoms with Crippen LogP contribution in [-0.2, 0) is 4.79 Å². The van der Waals surface area contributed by atoms with Crippen molar-refractivity contribution in [2.24, 2.45) is 4.99 Å². The third-order valence-corrected chi connectivity index (χ3v) is 3.34. The van der Waals surface area contributed by atoms with E-state index in [1.54, 1.807) is 24.6 Å². The molecule has 0 aromatic carbocycles. The highest BCUT2D eigenvalue weighted by molar-refractivity contribution is 5.84. The second-order valence-electron chi connectivity index (χ2n) is 5.27. The second kappa shape index (κ2) is 9.39. The van der Waals surface area contributed by atoms with Gasteiger partial charge in [-0.1, -0.05) is 11.6 Å². The molecule has 2 N–H and O–H groups in total. The molecule has 1 aliphatic carbocycles. The molecule has 0 unspecified atom stereocenters. The number of guanidine groups is 1. The zero-order valence-electron chi connectivity index (χ0n) is 13.0. The minimum absolute atomic E-state index is 0.0113. The Morgan fingerprint density at radius 2 is 2.15 bits per heavy atom. The number of likely N-dealkylation sites (N-methyl/N-ethyl adjacent to an activating group) is 1. The highest BCUT2D eigenvalue weighted by atomic mass is 16.2. The first-order valence-corrected chi connectivity index (χ1v) is 7.53. The summed E-state index contributed by atoms with van der Waals surface area (Å²) in [6, 6.07) is 0. The van der Waals surface area contributed by atoms with Gasteiger partial charge < -0.3 is 15.5 Å². The molecule has 5 heteroatoms. The molecule has 0 aromatic rings. The van der Waals surface area contributed by atoms with Gasteiger partial charge in [0, 0.05) is 27.2 Å². The lowest BCUT2D eigenvalue weighted by molar-refractivity contribution is -0.127. The van der Waals surface area contributed by atoms with Crippen molar-refractivity contribution in [1.29, 1.82) is 0 Å². The van der Waals surface area contributed by atoms with Crippen LogP contribution >= 0.6 is 0 Å². The maximum absolute atomic E-state index is 11.5. The predicted molar refractivity (Wildman–Crippen MR) is 83.8 cm³/mol. The number of carbonyl (C=O) groups is 1. The molecule has 0 fully saturated rings. The molecule has 1 amide bonds. The molecule has 0 radical (unpaired) electrons. The van der Waals surface area contributed by atoms with Crippen LogP contribution in [0.2, 0.25) is 0 Å². The van der Waals surface area contributed by atoms with E-state index >= 15 is 0 Å². The minimum Gasteiger partial charge on any atom is -0.357 e. The first-order chi connectivity index (χ1) is 9.63. The van der Waals surface area contributed by atoms with E-state index in [1.165, 1.54) is 25.7 Å². The molecular weight excluding hydrogens is 252 g/mol. The average Bonchev–Trinajstić information content (AvgIpc) is 2.45. The molecule has 20 heavy (non-hydrogen) atoms. The van der Waals surface area contributed by atoms with Gasteiger partial charge in [-0.3, -0.25) is 4.79 Å². The third-order valence-electron chi connectivity index (χ3n) is 3.34. The summed E-state index contributed by atoms with van der Waals surface area (Å²) < 4.78 is 0. The number of aliphatic imine (C=N–C) groups is 1. The zero-order chi connectivity index (χ0) is 14.8. The van der Waals surface area contributed by atoms with E-state index in [4.69, 9.17) is 0 Å². The van der Waals surface area contributed by atoms with E-state index in [0.29, 0.717) is 0 Å². The summed E-state index contributed by atoms with van der Waals surface area (Å²) in [6.07, 6.45) is 8.52. The highest BCUT2D eigenvalue weighted by Gasteiger charge is 2.05. The van der Waals surface area contributed by atoms with Gasteiger partial charge in [-0.2, -0.15) is 0 Å². The molecule has 0 saturated carbocycles. The van der Waals surface area contributed by atoms with Gasteiger partial charge in [-0.05, 0) is 39.0 Å². The Morgan fingerprint density at radius 1 is 1.35 bits per heavy atom. The monoisotopic (exact) mass is 280 g/mol. The lowest BCUT2D eigenvalue weighted by Crippen LogP contribution is -2.39. The Labute approximate surface area is 122 Å². The number of hydrogen-bond acceptors (Lipinski definition) is 2. The third kappa shape index (κ3) is 6.59. The first-order valence-electron chi connectivity index (χ1n) is 7.53. The Morgan fingerprint density at radius 3 is 2.75 bits per heavy atom. The summed E-state index contributed by atoms with van der Waals surface area (Å²) in [4.78, 5) is 17.4. The van der Waals surface area contributed by atoms with Crippen LogP contribution in [0, 0.1) is 0 Å². The summed E-state index contributed by atoms with van der Waals surface area (Å²) in [6.45, 7) is 3.87. The van der Waals surface area contributed by atoms with Crippen molar-refractivity contribution in [3.05, 3.63) is 11.6 Å². The van der Waals surface area contributed by atoms with Crippen LogP contribution in [0.15, 0.2) is 16.6 Å². The number of rotatable bonds is 6. The van der Waals surface area contributed by atoms with Gasteiger partial charge in [0.15, 0.2) is 5.96 Å². The number of nitrogens with one attached hydrogen (secondary N) is 2. The van der Waals surface area contributed by atoms with E-state index in [9.17, 15) is 4.79 Å². The van der Waals surface area contributed by atoms with Crippen LogP contribution in [-0.4, -0.2) is 50.5 Å². The van der Waals surface area contributed by atoms with Crippen LogP contribution in [0.5, 0.6) is 0 Å². The molecule has 0 spiro atoms. The van der Waals surface area contributed by atoms with Crippen LogP contribution < -0.4 is 10.6 Å². The van der Waals surface area contributed by atoms with Crippen molar-refractivity contribution in [1.82, 2.24) is 15.5 Å². The van der Waals surface area contributed by atoms with Gasteiger partial charge in [0.05, 0.1) is 0 Å². The average molecular weight is 280 g/mol. The first kappa shape index (κ1) is 16.5. The van der Waals surface area contributed by atoms with E-state index in [0.717, 1.165) is 25.5 Å². The minimum atomic E-state index is 0.0113. The molecule has 0 aliphatic heterocycles.